The SMILES string of the molecule is Cc1nc(C)c(-c2ccc(Oc3cccc(CC(=O)O)c3)c(CN3C(=O)OC(c4ccccc4)[C@@H]3C)c2)s1. The average Bonchev–Trinajstić information content (AvgIpc) is 3.37. The quantitative estimate of drug-likeness (QED) is 0.267. The van der Waals surface area contributed by atoms with E-state index in [1.165, 1.54) is 0 Å². The molecule has 7 nitrogen and oxygen atoms in total. The minimum Gasteiger partial charge on any atom is -0.481 e. The Morgan fingerprint density at radius 3 is 2.58 bits per heavy atom. The number of aryl methyl sites for hydroxylation is 2. The molecule has 0 bridgehead atoms. The lowest BCUT2D eigenvalue weighted by atomic mass is 10.0. The van der Waals surface area contributed by atoms with E-state index >= 15 is 0 Å². The Kier molecular flexibility index (Phi) is 7.15. The Balaban J connectivity index is 1.49. The highest BCUT2D eigenvalue weighted by atomic mass is 32.1. The molecule has 194 valence electrons. The largest absolute Gasteiger partial charge is 0.481 e. The third-order valence-corrected chi connectivity index (χ3v) is 7.69. The predicted octanol–water partition coefficient (Wildman–Crippen LogP) is 6.93. The number of hydrogen-bond acceptors (Lipinski definition) is 6. The summed E-state index contributed by atoms with van der Waals surface area (Å²) in [5.41, 5.74) is 4.36. The lowest BCUT2D eigenvalue weighted by molar-refractivity contribution is -0.136. The van der Waals surface area contributed by atoms with Crippen molar-refractivity contribution in [3.63, 3.8) is 0 Å². The fourth-order valence-electron chi connectivity index (χ4n) is 4.75. The van der Waals surface area contributed by atoms with Crippen LogP contribution in [0.25, 0.3) is 10.4 Å². The fraction of sp³-hybridized carbons (Fsp3) is 0.233. The first-order valence-electron chi connectivity index (χ1n) is 12.4. The van der Waals surface area contributed by atoms with Crippen LogP contribution in [0.2, 0.25) is 0 Å². The monoisotopic (exact) mass is 528 g/mol. The van der Waals surface area contributed by atoms with E-state index < -0.39 is 5.97 Å². The zero-order chi connectivity index (χ0) is 26.8. The summed E-state index contributed by atoms with van der Waals surface area (Å²) in [7, 11) is 0. The lowest BCUT2D eigenvalue weighted by Gasteiger charge is -2.23. The number of rotatable bonds is 8. The van der Waals surface area contributed by atoms with Crippen LogP contribution in [0.15, 0.2) is 72.8 Å². The molecule has 0 spiro atoms. The van der Waals surface area contributed by atoms with Gasteiger partial charge in [0.05, 0.1) is 34.6 Å². The van der Waals surface area contributed by atoms with Gasteiger partial charge in [0.25, 0.3) is 0 Å². The number of carbonyl (C=O) groups excluding carboxylic acids is 1. The number of ether oxygens (including phenoxy) is 2. The maximum atomic E-state index is 13.0. The van der Waals surface area contributed by atoms with Crippen molar-refractivity contribution in [3.05, 3.63) is 100 Å². The van der Waals surface area contributed by atoms with Gasteiger partial charge in [0.2, 0.25) is 0 Å². The topological polar surface area (TPSA) is 89.0 Å². The molecule has 4 aromatic rings. The summed E-state index contributed by atoms with van der Waals surface area (Å²) in [6.45, 7) is 6.24. The van der Waals surface area contributed by atoms with Gasteiger partial charge >= 0.3 is 12.1 Å². The normalized spacial score (nSPS) is 16.9. The van der Waals surface area contributed by atoms with Gasteiger partial charge in [-0.2, -0.15) is 0 Å². The number of cyclic esters (lactones) is 1. The highest BCUT2D eigenvalue weighted by Gasteiger charge is 2.40. The van der Waals surface area contributed by atoms with Crippen LogP contribution in [-0.4, -0.2) is 33.1 Å². The number of thiazole rings is 1. The van der Waals surface area contributed by atoms with Crippen LogP contribution >= 0.6 is 11.3 Å². The number of aromatic nitrogens is 1. The van der Waals surface area contributed by atoms with E-state index in [4.69, 9.17) is 9.47 Å². The fourth-order valence-corrected chi connectivity index (χ4v) is 5.67. The van der Waals surface area contributed by atoms with Crippen LogP contribution in [0.5, 0.6) is 11.5 Å². The number of amides is 1. The molecule has 1 saturated heterocycles. The van der Waals surface area contributed by atoms with Gasteiger partial charge in [-0.1, -0.05) is 42.5 Å². The molecule has 1 aliphatic rings. The van der Waals surface area contributed by atoms with Gasteiger partial charge in [0, 0.05) is 5.56 Å². The molecule has 38 heavy (non-hydrogen) atoms. The molecule has 2 atom stereocenters. The summed E-state index contributed by atoms with van der Waals surface area (Å²) in [6, 6.07) is 22.5. The van der Waals surface area contributed by atoms with E-state index in [-0.39, 0.29) is 31.2 Å². The van der Waals surface area contributed by atoms with E-state index in [2.05, 4.69) is 4.98 Å². The lowest BCUT2D eigenvalue weighted by Crippen LogP contribution is -2.31. The molecule has 0 aliphatic carbocycles. The summed E-state index contributed by atoms with van der Waals surface area (Å²) in [6.07, 6.45) is -0.836. The first kappa shape index (κ1) is 25.5. The van der Waals surface area contributed by atoms with Crippen LogP contribution in [0, 0.1) is 13.8 Å². The summed E-state index contributed by atoms with van der Waals surface area (Å²) >= 11 is 1.62. The Labute approximate surface area is 225 Å². The molecular formula is C30H28N2O5S. The number of carboxylic acid groups (broad SMARTS) is 1. The molecule has 3 aromatic carbocycles. The Morgan fingerprint density at radius 1 is 1.08 bits per heavy atom. The molecule has 8 heteroatoms. The first-order chi connectivity index (χ1) is 18.3. The average molecular weight is 529 g/mol. The second kappa shape index (κ2) is 10.7. The van der Waals surface area contributed by atoms with Crippen LogP contribution in [0.4, 0.5) is 4.79 Å². The van der Waals surface area contributed by atoms with Gasteiger partial charge in [-0.25, -0.2) is 9.78 Å². The number of hydrogen-bond donors (Lipinski definition) is 1. The highest BCUT2D eigenvalue weighted by molar-refractivity contribution is 7.15. The zero-order valence-electron chi connectivity index (χ0n) is 21.4. The van der Waals surface area contributed by atoms with Crippen LogP contribution in [0.1, 0.15) is 40.4 Å². The minimum absolute atomic E-state index is 0.0923. The highest BCUT2D eigenvalue weighted by Crippen LogP contribution is 2.38. The molecule has 1 fully saturated rings. The third kappa shape index (κ3) is 5.40. The van der Waals surface area contributed by atoms with Crippen molar-refractivity contribution in [3.8, 4) is 21.9 Å². The first-order valence-corrected chi connectivity index (χ1v) is 13.2. The van der Waals surface area contributed by atoms with Crippen LogP contribution < -0.4 is 4.74 Å². The van der Waals surface area contributed by atoms with Crippen molar-refractivity contribution in [1.29, 1.82) is 0 Å². The molecule has 1 unspecified atom stereocenters. The molecule has 0 saturated carbocycles. The summed E-state index contributed by atoms with van der Waals surface area (Å²) in [5, 5.41) is 10.2. The minimum atomic E-state index is -0.906. The van der Waals surface area contributed by atoms with Gasteiger partial charge in [-0.3, -0.25) is 9.69 Å². The second-order valence-corrected chi connectivity index (χ2v) is 10.6. The van der Waals surface area contributed by atoms with Crippen molar-refractivity contribution in [2.45, 2.75) is 45.9 Å². The molecule has 0 radical (unpaired) electrons. The van der Waals surface area contributed by atoms with E-state index in [0.717, 1.165) is 32.3 Å². The Bertz CT molecular complexity index is 1480. The summed E-state index contributed by atoms with van der Waals surface area (Å²) < 4.78 is 12.0. The van der Waals surface area contributed by atoms with E-state index in [9.17, 15) is 14.7 Å². The number of carbonyl (C=O) groups is 2. The van der Waals surface area contributed by atoms with E-state index in [1.54, 1.807) is 40.5 Å². The molecular weight excluding hydrogens is 500 g/mol. The number of carboxylic acids is 1. The smallest absolute Gasteiger partial charge is 0.411 e. The maximum absolute atomic E-state index is 13.0. The van der Waals surface area contributed by atoms with Gasteiger partial charge in [0.15, 0.2) is 0 Å². The standard InChI is InChI=1S/C30H28N2O5S/c1-18-29(38-20(3)31-18)23-12-13-26(36-25-11-7-8-21(14-25)15-27(33)34)24(16-23)17-32-19(2)28(37-30(32)35)22-9-5-4-6-10-22/h4-14,16,19,28H,15,17H2,1-3H3,(H,33,34)/t19-,28?/m0/s1. The van der Waals surface area contributed by atoms with Crippen molar-refractivity contribution in [2.24, 2.45) is 0 Å². The molecule has 1 aromatic heterocycles. The molecule has 1 N–H and O–H groups in total. The number of nitrogens with zero attached hydrogens (tertiary/aromatic N) is 2. The zero-order valence-corrected chi connectivity index (χ0v) is 22.2. The van der Waals surface area contributed by atoms with Gasteiger partial charge < -0.3 is 14.6 Å². The summed E-state index contributed by atoms with van der Waals surface area (Å²) in [5.74, 6) is 0.210. The van der Waals surface area contributed by atoms with Crippen molar-refractivity contribution >= 4 is 23.4 Å². The number of aliphatic carboxylic acids is 1. The van der Waals surface area contributed by atoms with Crippen LogP contribution in [-0.2, 0) is 22.5 Å². The molecule has 5 rings (SSSR count). The number of benzene rings is 3. The summed E-state index contributed by atoms with van der Waals surface area (Å²) in [4.78, 5) is 31.5. The van der Waals surface area contributed by atoms with Gasteiger partial charge in [-0.15, -0.1) is 11.3 Å². The van der Waals surface area contributed by atoms with Gasteiger partial charge in [-0.05, 0) is 67.8 Å². The second-order valence-electron chi connectivity index (χ2n) is 9.37. The third-order valence-electron chi connectivity index (χ3n) is 6.57. The molecule has 1 amide bonds. The molecule has 1 aliphatic heterocycles. The predicted molar refractivity (Wildman–Crippen MR) is 146 cm³/mol. The Morgan fingerprint density at radius 2 is 1.87 bits per heavy atom. The van der Waals surface area contributed by atoms with Crippen molar-refractivity contribution in [1.82, 2.24) is 9.88 Å². The van der Waals surface area contributed by atoms with E-state index in [0.29, 0.717) is 17.1 Å². The van der Waals surface area contributed by atoms with Crippen LogP contribution in [0.3, 0.4) is 0 Å². The van der Waals surface area contributed by atoms with Gasteiger partial charge in [0.1, 0.15) is 17.6 Å². The maximum Gasteiger partial charge on any atom is 0.411 e. The Hall–Kier alpha value is -4.17. The van der Waals surface area contributed by atoms with Crippen molar-refractivity contribution < 1.29 is 24.2 Å². The molecule has 2 heterocycles. The van der Waals surface area contributed by atoms with Crippen molar-refractivity contribution in [2.75, 3.05) is 0 Å². The van der Waals surface area contributed by atoms with E-state index in [1.807, 2.05) is 69.3 Å².